The van der Waals surface area contributed by atoms with E-state index in [0.717, 1.165) is 11.5 Å². The molecule has 2 amide bonds. The van der Waals surface area contributed by atoms with Crippen LogP contribution in [0.2, 0.25) is 0 Å². The molecule has 0 unspecified atom stereocenters. The first-order valence-corrected chi connectivity index (χ1v) is 8.50. The fraction of sp³-hybridized carbons (Fsp3) is 0.375. The summed E-state index contributed by atoms with van der Waals surface area (Å²) in [6.45, 7) is 4.01. The monoisotopic (exact) mass is 336 g/mol. The van der Waals surface area contributed by atoms with Crippen LogP contribution in [0, 0.1) is 0 Å². The Bertz CT molecular complexity index is 630. The van der Waals surface area contributed by atoms with Gasteiger partial charge in [-0.05, 0) is 30.4 Å². The van der Waals surface area contributed by atoms with E-state index in [4.69, 9.17) is 4.74 Å². The van der Waals surface area contributed by atoms with Crippen molar-refractivity contribution in [3.63, 3.8) is 0 Å². The van der Waals surface area contributed by atoms with Crippen LogP contribution in [0.5, 0.6) is 5.75 Å². The average Bonchev–Trinajstić information content (AvgIpc) is 2.50. The second-order valence-corrected chi connectivity index (χ2v) is 6.39. The highest BCUT2D eigenvalue weighted by molar-refractivity contribution is 7.99. The number of nitrogens with one attached hydrogen (secondary N) is 2. The molecule has 23 heavy (non-hydrogen) atoms. The van der Waals surface area contributed by atoms with E-state index in [1.165, 1.54) is 12.1 Å². The van der Waals surface area contributed by atoms with Crippen molar-refractivity contribution in [3.8, 4) is 5.75 Å². The molecule has 1 atom stereocenters. The number of esters is 1. The number of phenolic OH excluding ortho intramolecular Hbond substituents is 1. The summed E-state index contributed by atoms with van der Waals surface area (Å²) in [6, 6.07) is 5.40. The van der Waals surface area contributed by atoms with Gasteiger partial charge in [0.1, 0.15) is 12.4 Å². The van der Waals surface area contributed by atoms with Gasteiger partial charge in [0.05, 0.1) is 11.6 Å². The topological polar surface area (TPSA) is 87.7 Å². The Labute approximate surface area is 139 Å². The third kappa shape index (κ3) is 4.41. The Morgan fingerprint density at radius 2 is 2.22 bits per heavy atom. The lowest BCUT2D eigenvalue weighted by atomic mass is 9.95. The predicted octanol–water partition coefficient (Wildman–Crippen LogP) is 2.32. The molecule has 0 bridgehead atoms. The first-order chi connectivity index (χ1) is 11.0. The second-order valence-electron chi connectivity index (χ2n) is 5.00. The minimum Gasteiger partial charge on any atom is -0.508 e. The van der Waals surface area contributed by atoms with Gasteiger partial charge in [0.2, 0.25) is 0 Å². The van der Waals surface area contributed by atoms with Gasteiger partial charge in [-0.2, -0.15) is 11.8 Å². The van der Waals surface area contributed by atoms with Gasteiger partial charge in [-0.1, -0.05) is 19.1 Å². The number of amides is 2. The van der Waals surface area contributed by atoms with Crippen molar-refractivity contribution in [2.45, 2.75) is 19.9 Å². The van der Waals surface area contributed by atoms with Crippen molar-refractivity contribution in [2.75, 3.05) is 18.1 Å². The Balaban J connectivity index is 2.22. The first kappa shape index (κ1) is 17.2. The molecule has 0 spiro atoms. The zero-order valence-electron chi connectivity index (χ0n) is 13.1. The maximum absolute atomic E-state index is 12.4. The lowest BCUT2D eigenvalue weighted by molar-refractivity contribution is -0.138. The highest BCUT2D eigenvalue weighted by Crippen LogP contribution is 2.29. The Morgan fingerprint density at radius 3 is 2.91 bits per heavy atom. The smallest absolute Gasteiger partial charge is 0.338 e. The van der Waals surface area contributed by atoms with Crippen molar-refractivity contribution in [2.24, 2.45) is 0 Å². The number of carbonyl (C=O) groups excluding carboxylic acids is 2. The third-order valence-electron chi connectivity index (χ3n) is 3.36. The second kappa shape index (κ2) is 7.92. The number of hydrogen-bond donors (Lipinski definition) is 3. The molecule has 124 valence electrons. The number of phenols is 1. The molecule has 0 aromatic heterocycles. The van der Waals surface area contributed by atoms with Crippen molar-refractivity contribution in [1.29, 1.82) is 0 Å². The fourth-order valence-electron chi connectivity index (χ4n) is 2.33. The van der Waals surface area contributed by atoms with E-state index in [1.807, 2.05) is 6.92 Å². The number of benzene rings is 1. The molecule has 0 saturated carbocycles. The minimum absolute atomic E-state index is 0.0694. The molecule has 0 aliphatic carbocycles. The Morgan fingerprint density at radius 1 is 1.43 bits per heavy atom. The average molecular weight is 336 g/mol. The maximum Gasteiger partial charge on any atom is 0.338 e. The number of rotatable bonds is 6. The highest BCUT2D eigenvalue weighted by Gasteiger charge is 2.32. The summed E-state index contributed by atoms with van der Waals surface area (Å²) in [6.07, 6.45) is 0. The molecule has 1 aromatic rings. The molecule has 0 saturated heterocycles. The fourth-order valence-corrected chi connectivity index (χ4v) is 2.82. The van der Waals surface area contributed by atoms with Crippen LogP contribution in [-0.4, -0.2) is 35.2 Å². The van der Waals surface area contributed by atoms with E-state index in [2.05, 4.69) is 10.6 Å². The maximum atomic E-state index is 12.4. The Kier molecular flexibility index (Phi) is 5.92. The standard InChI is InChI=1S/C16H20N2O4S/c1-3-23-8-7-22-15(20)13-10(2)17-16(21)18-14(13)11-5-4-6-12(19)9-11/h4-6,9,14,19H,3,7-8H2,1-2H3,(H2,17,18,21)/t14-/m1/s1. The molecule has 1 aliphatic rings. The van der Waals surface area contributed by atoms with Crippen LogP contribution in [0.4, 0.5) is 4.79 Å². The predicted molar refractivity (Wildman–Crippen MR) is 89.2 cm³/mol. The lowest BCUT2D eigenvalue weighted by Crippen LogP contribution is -2.45. The summed E-state index contributed by atoms with van der Waals surface area (Å²) in [5, 5.41) is 14.9. The lowest BCUT2D eigenvalue weighted by Gasteiger charge is -2.28. The number of thioether (sulfide) groups is 1. The van der Waals surface area contributed by atoms with Crippen LogP contribution in [0.15, 0.2) is 35.5 Å². The van der Waals surface area contributed by atoms with Crippen LogP contribution in [0.1, 0.15) is 25.5 Å². The van der Waals surface area contributed by atoms with Gasteiger partial charge >= 0.3 is 12.0 Å². The highest BCUT2D eigenvalue weighted by atomic mass is 32.2. The van der Waals surface area contributed by atoms with Gasteiger partial charge in [-0.3, -0.25) is 0 Å². The van der Waals surface area contributed by atoms with Crippen LogP contribution < -0.4 is 10.6 Å². The van der Waals surface area contributed by atoms with Crippen LogP contribution >= 0.6 is 11.8 Å². The molecule has 1 aromatic carbocycles. The quantitative estimate of drug-likeness (QED) is 0.548. The number of aromatic hydroxyl groups is 1. The van der Waals surface area contributed by atoms with Gasteiger partial charge in [0.25, 0.3) is 0 Å². The number of allylic oxidation sites excluding steroid dienone is 1. The molecule has 1 aliphatic heterocycles. The van der Waals surface area contributed by atoms with Crippen LogP contribution in [0.3, 0.4) is 0 Å². The molecule has 0 fully saturated rings. The van der Waals surface area contributed by atoms with Gasteiger partial charge in [-0.15, -0.1) is 0 Å². The van der Waals surface area contributed by atoms with Gasteiger partial charge in [-0.25, -0.2) is 9.59 Å². The van der Waals surface area contributed by atoms with Crippen molar-refractivity contribution < 1.29 is 19.4 Å². The summed E-state index contributed by atoms with van der Waals surface area (Å²) in [4.78, 5) is 24.1. The van der Waals surface area contributed by atoms with E-state index in [1.54, 1.807) is 30.8 Å². The van der Waals surface area contributed by atoms with Gasteiger partial charge in [0.15, 0.2) is 0 Å². The molecular weight excluding hydrogens is 316 g/mol. The molecule has 2 rings (SSSR count). The van der Waals surface area contributed by atoms with Gasteiger partial charge in [0, 0.05) is 11.4 Å². The zero-order valence-corrected chi connectivity index (χ0v) is 13.9. The molecular formula is C16H20N2O4S. The number of hydrogen-bond acceptors (Lipinski definition) is 5. The SMILES string of the molecule is CCSCCOC(=O)C1=C(C)NC(=O)N[C@@H]1c1cccc(O)c1. The number of carbonyl (C=O) groups is 2. The minimum atomic E-state index is -0.651. The van der Waals surface area contributed by atoms with E-state index >= 15 is 0 Å². The molecule has 7 heteroatoms. The summed E-state index contributed by atoms with van der Waals surface area (Å²) in [7, 11) is 0. The molecule has 1 heterocycles. The van der Waals surface area contributed by atoms with Crippen LogP contribution in [0.25, 0.3) is 0 Å². The first-order valence-electron chi connectivity index (χ1n) is 7.35. The van der Waals surface area contributed by atoms with E-state index < -0.39 is 18.0 Å². The van der Waals surface area contributed by atoms with Crippen molar-refractivity contribution in [1.82, 2.24) is 10.6 Å². The van der Waals surface area contributed by atoms with Gasteiger partial charge < -0.3 is 20.5 Å². The van der Waals surface area contributed by atoms with Crippen molar-refractivity contribution >= 4 is 23.8 Å². The molecule has 0 radical (unpaired) electrons. The Hall–Kier alpha value is -2.15. The number of ether oxygens (including phenoxy) is 1. The van der Waals surface area contributed by atoms with Crippen molar-refractivity contribution in [3.05, 3.63) is 41.1 Å². The number of urea groups is 1. The summed E-state index contributed by atoms with van der Waals surface area (Å²) < 4.78 is 5.30. The largest absolute Gasteiger partial charge is 0.508 e. The molecule has 6 nitrogen and oxygen atoms in total. The van der Waals surface area contributed by atoms with Crippen LogP contribution in [-0.2, 0) is 9.53 Å². The zero-order chi connectivity index (χ0) is 16.8. The van der Waals surface area contributed by atoms with E-state index in [9.17, 15) is 14.7 Å². The van der Waals surface area contributed by atoms with E-state index in [-0.39, 0.29) is 5.75 Å². The summed E-state index contributed by atoms with van der Waals surface area (Å²) in [5.41, 5.74) is 1.42. The van der Waals surface area contributed by atoms with E-state index in [0.29, 0.717) is 23.4 Å². The third-order valence-corrected chi connectivity index (χ3v) is 4.22. The normalized spacial score (nSPS) is 17.5. The summed E-state index contributed by atoms with van der Waals surface area (Å²) >= 11 is 1.69. The summed E-state index contributed by atoms with van der Waals surface area (Å²) in [5.74, 6) is 1.29. The molecule has 3 N–H and O–H groups in total.